The summed E-state index contributed by atoms with van der Waals surface area (Å²) >= 11 is 0. The molecule has 26 heavy (non-hydrogen) atoms. The molecule has 0 saturated carbocycles. The molecule has 0 unspecified atom stereocenters. The van der Waals surface area contributed by atoms with Crippen LogP contribution in [0.3, 0.4) is 0 Å². The lowest BCUT2D eigenvalue weighted by molar-refractivity contribution is 0.0921. The van der Waals surface area contributed by atoms with Gasteiger partial charge in [0.25, 0.3) is 0 Å². The number of fused-ring (bicyclic) bond motifs is 3. The molecule has 0 radical (unpaired) electrons. The van der Waals surface area contributed by atoms with Crippen LogP contribution in [0.2, 0.25) is 0 Å². The first-order valence-corrected chi connectivity index (χ1v) is 8.31. The summed E-state index contributed by atoms with van der Waals surface area (Å²) in [6, 6.07) is 19.9. The van der Waals surface area contributed by atoms with Crippen molar-refractivity contribution >= 4 is 27.5 Å². The zero-order chi connectivity index (χ0) is 18.1. The molecule has 128 valence electrons. The molecule has 0 aliphatic heterocycles. The minimum atomic E-state index is -0.384. The predicted molar refractivity (Wildman–Crippen MR) is 101 cm³/mol. The Balaban J connectivity index is 1.70. The Morgan fingerprint density at radius 1 is 0.962 bits per heavy atom. The van der Waals surface area contributed by atoms with Crippen LogP contribution in [0, 0.1) is 6.92 Å². The summed E-state index contributed by atoms with van der Waals surface area (Å²) in [6.07, 6.45) is 0. The Bertz CT molecular complexity index is 1170. The van der Waals surface area contributed by atoms with Gasteiger partial charge in [0.15, 0.2) is 12.4 Å². The molecule has 4 aromatic rings. The van der Waals surface area contributed by atoms with Gasteiger partial charge in [0, 0.05) is 22.4 Å². The number of ketones is 1. The Morgan fingerprint density at radius 2 is 1.65 bits per heavy atom. The minimum Gasteiger partial charge on any atom is -0.485 e. The first-order valence-electron chi connectivity index (χ1n) is 8.31. The fourth-order valence-electron chi connectivity index (χ4n) is 3.12. The van der Waals surface area contributed by atoms with Crippen molar-refractivity contribution in [2.75, 3.05) is 6.61 Å². The SMILES string of the molecule is Cc1cc(OCC(=O)c2ccccc2)cc2oc(=O)c3ccccc3c12. The highest BCUT2D eigenvalue weighted by Crippen LogP contribution is 2.29. The molecule has 0 fully saturated rings. The normalized spacial score (nSPS) is 11.0. The summed E-state index contributed by atoms with van der Waals surface area (Å²) in [5, 5.41) is 2.28. The molecular weight excluding hydrogens is 328 g/mol. The summed E-state index contributed by atoms with van der Waals surface area (Å²) in [5.41, 5.74) is 1.59. The minimum absolute atomic E-state index is 0.0766. The van der Waals surface area contributed by atoms with E-state index in [-0.39, 0.29) is 18.0 Å². The van der Waals surface area contributed by atoms with E-state index in [9.17, 15) is 9.59 Å². The number of Topliss-reactive ketones (excluding diaryl/α,β-unsaturated/α-hetero) is 1. The van der Waals surface area contributed by atoms with Crippen molar-refractivity contribution in [2.45, 2.75) is 6.92 Å². The van der Waals surface area contributed by atoms with Crippen LogP contribution in [0.15, 0.2) is 75.9 Å². The molecule has 0 aliphatic rings. The van der Waals surface area contributed by atoms with Gasteiger partial charge in [0.2, 0.25) is 0 Å². The highest BCUT2D eigenvalue weighted by Gasteiger charge is 2.12. The number of benzene rings is 3. The first-order chi connectivity index (χ1) is 12.6. The van der Waals surface area contributed by atoms with Crippen LogP contribution in [0.5, 0.6) is 5.75 Å². The van der Waals surface area contributed by atoms with Crippen molar-refractivity contribution in [2.24, 2.45) is 0 Å². The maximum atomic E-state index is 12.2. The van der Waals surface area contributed by atoms with Gasteiger partial charge in [0.1, 0.15) is 11.3 Å². The largest absolute Gasteiger partial charge is 0.485 e. The molecule has 0 aliphatic carbocycles. The fourth-order valence-corrected chi connectivity index (χ4v) is 3.12. The number of carbonyl (C=O) groups excluding carboxylic acids is 1. The molecule has 0 saturated heterocycles. The van der Waals surface area contributed by atoms with Crippen LogP contribution in [0.25, 0.3) is 21.7 Å². The third-order valence-corrected chi connectivity index (χ3v) is 4.36. The summed E-state index contributed by atoms with van der Waals surface area (Å²) in [7, 11) is 0. The lowest BCUT2D eigenvalue weighted by Crippen LogP contribution is -2.11. The van der Waals surface area contributed by atoms with E-state index in [0.717, 1.165) is 16.3 Å². The lowest BCUT2D eigenvalue weighted by Gasteiger charge is -2.10. The molecule has 4 rings (SSSR count). The average Bonchev–Trinajstić information content (AvgIpc) is 2.66. The smallest absolute Gasteiger partial charge is 0.344 e. The van der Waals surface area contributed by atoms with Gasteiger partial charge < -0.3 is 9.15 Å². The lowest BCUT2D eigenvalue weighted by atomic mass is 10.0. The Kier molecular flexibility index (Phi) is 4.01. The van der Waals surface area contributed by atoms with Gasteiger partial charge >= 0.3 is 5.63 Å². The average molecular weight is 344 g/mol. The highest BCUT2D eigenvalue weighted by molar-refractivity contribution is 6.06. The quantitative estimate of drug-likeness (QED) is 0.310. The van der Waals surface area contributed by atoms with Gasteiger partial charge in [-0.3, -0.25) is 4.79 Å². The second-order valence-electron chi connectivity index (χ2n) is 6.13. The van der Waals surface area contributed by atoms with E-state index >= 15 is 0 Å². The number of aryl methyl sites for hydroxylation is 1. The van der Waals surface area contributed by atoms with Crippen LogP contribution in [-0.2, 0) is 0 Å². The monoisotopic (exact) mass is 344 g/mol. The van der Waals surface area contributed by atoms with E-state index in [4.69, 9.17) is 9.15 Å². The molecule has 1 aromatic heterocycles. The zero-order valence-corrected chi connectivity index (χ0v) is 14.2. The van der Waals surface area contributed by atoms with E-state index in [2.05, 4.69) is 0 Å². The van der Waals surface area contributed by atoms with E-state index in [1.807, 2.05) is 49.4 Å². The second-order valence-corrected chi connectivity index (χ2v) is 6.13. The Hall–Kier alpha value is -3.40. The molecule has 4 nitrogen and oxygen atoms in total. The van der Waals surface area contributed by atoms with E-state index in [1.54, 1.807) is 24.3 Å². The number of ether oxygens (including phenoxy) is 1. The molecule has 0 amide bonds. The Morgan fingerprint density at radius 3 is 2.42 bits per heavy atom. The van der Waals surface area contributed by atoms with Gasteiger partial charge in [-0.2, -0.15) is 0 Å². The summed E-state index contributed by atoms with van der Waals surface area (Å²) in [6.45, 7) is 1.85. The van der Waals surface area contributed by atoms with Crippen LogP contribution < -0.4 is 10.4 Å². The van der Waals surface area contributed by atoms with Crippen LogP contribution >= 0.6 is 0 Å². The zero-order valence-electron chi connectivity index (χ0n) is 14.2. The number of hydrogen-bond donors (Lipinski definition) is 0. The van der Waals surface area contributed by atoms with Gasteiger partial charge in [-0.05, 0) is 24.6 Å². The Labute approximate surface area is 149 Å². The maximum Gasteiger partial charge on any atom is 0.344 e. The van der Waals surface area contributed by atoms with Crippen LogP contribution in [-0.4, -0.2) is 12.4 Å². The molecular formula is C22H16O4. The highest BCUT2D eigenvalue weighted by atomic mass is 16.5. The molecule has 4 heteroatoms. The topological polar surface area (TPSA) is 56.5 Å². The van der Waals surface area contributed by atoms with E-state index in [0.29, 0.717) is 22.3 Å². The fraction of sp³-hybridized carbons (Fsp3) is 0.0909. The number of hydrogen-bond acceptors (Lipinski definition) is 4. The maximum absolute atomic E-state index is 12.2. The summed E-state index contributed by atoms with van der Waals surface area (Å²) in [5.74, 6) is 0.390. The predicted octanol–water partition coefficient (Wildman–Crippen LogP) is 4.52. The summed E-state index contributed by atoms with van der Waals surface area (Å²) < 4.78 is 11.1. The van der Waals surface area contributed by atoms with Crippen molar-refractivity contribution in [3.63, 3.8) is 0 Å². The van der Waals surface area contributed by atoms with Crippen molar-refractivity contribution < 1.29 is 13.9 Å². The molecule has 3 aromatic carbocycles. The van der Waals surface area contributed by atoms with E-state index < -0.39 is 0 Å². The first kappa shape index (κ1) is 16.1. The van der Waals surface area contributed by atoms with Gasteiger partial charge in [-0.15, -0.1) is 0 Å². The number of carbonyl (C=O) groups is 1. The van der Waals surface area contributed by atoms with Crippen molar-refractivity contribution in [1.29, 1.82) is 0 Å². The summed E-state index contributed by atoms with van der Waals surface area (Å²) in [4.78, 5) is 24.4. The standard InChI is InChI=1S/C22H16O4/c1-14-11-16(25-13-19(23)15-7-3-2-4-8-15)12-20-21(14)17-9-5-6-10-18(17)22(24)26-20/h2-12H,13H2,1H3. The molecule has 1 heterocycles. The van der Waals surface area contributed by atoms with Crippen molar-refractivity contribution in [3.05, 3.63) is 88.3 Å². The van der Waals surface area contributed by atoms with Crippen LogP contribution in [0.1, 0.15) is 15.9 Å². The van der Waals surface area contributed by atoms with Crippen LogP contribution in [0.4, 0.5) is 0 Å². The second kappa shape index (κ2) is 6.48. The molecule has 0 bridgehead atoms. The number of rotatable bonds is 4. The van der Waals surface area contributed by atoms with Crippen molar-refractivity contribution in [1.82, 2.24) is 0 Å². The molecule has 0 N–H and O–H groups in total. The van der Waals surface area contributed by atoms with Gasteiger partial charge in [-0.25, -0.2) is 4.79 Å². The van der Waals surface area contributed by atoms with Crippen molar-refractivity contribution in [3.8, 4) is 5.75 Å². The third kappa shape index (κ3) is 2.86. The van der Waals surface area contributed by atoms with Gasteiger partial charge in [0.05, 0.1) is 5.39 Å². The molecule has 0 atom stereocenters. The van der Waals surface area contributed by atoms with E-state index in [1.165, 1.54) is 0 Å². The van der Waals surface area contributed by atoms with Gasteiger partial charge in [-0.1, -0.05) is 48.5 Å². The third-order valence-electron chi connectivity index (χ3n) is 4.36. The molecule has 0 spiro atoms.